The van der Waals surface area contributed by atoms with Crippen LogP contribution in [0.5, 0.6) is 0 Å². The molecular formula is C13H17ClN2O2. The molecule has 0 saturated carbocycles. The van der Waals surface area contributed by atoms with Gasteiger partial charge in [-0.2, -0.15) is 0 Å². The van der Waals surface area contributed by atoms with Crippen molar-refractivity contribution in [3.05, 3.63) is 29.0 Å². The topological polar surface area (TPSA) is 42.4 Å². The van der Waals surface area contributed by atoms with E-state index in [4.69, 9.17) is 16.3 Å². The minimum Gasteiger partial charge on any atom is -0.381 e. The molecule has 0 radical (unpaired) electrons. The molecule has 2 rings (SSSR count). The standard InChI is InChI=1S/C13H17ClN2O2/c1-2-16(8-10-4-6-18-9-10)13(17)11-3-5-15-12(14)7-11/h3,5,7,10H,2,4,6,8-9H2,1H3/t10-/m0/s1. The molecule has 1 aromatic heterocycles. The number of carbonyl (C=O) groups is 1. The van der Waals surface area contributed by atoms with Crippen molar-refractivity contribution in [1.82, 2.24) is 9.88 Å². The second kappa shape index (κ2) is 6.16. The van der Waals surface area contributed by atoms with E-state index in [1.54, 1.807) is 18.3 Å². The molecule has 5 heteroatoms. The highest BCUT2D eigenvalue weighted by Crippen LogP contribution is 2.16. The molecule has 1 aliphatic rings. The van der Waals surface area contributed by atoms with Crippen molar-refractivity contribution in [1.29, 1.82) is 0 Å². The van der Waals surface area contributed by atoms with Gasteiger partial charge >= 0.3 is 0 Å². The highest BCUT2D eigenvalue weighted by Gasteiger charge is 2.22. The smallest absolute Gasteiger partial charge is 0.254 e. The lowest BCUT2D eigenvalue weighted by Crippen LogP contribution is -2.35. The van der Waals surface area contributed by atoms with Crippen LogP contribution < -0.4 is 0 Å². The van der Waals surface area contributed by atoms with Crippen LogP contribution in [0.4, 0.5) is 0 Å². The first-order valence-corrected chi connectivity index (χ1v) is 6.57. The summed E-state index contributed by atoms with van der Waals surface area (Å²) >= 11 is 5.81. The van der Waals surface area contributed by atoms with Crippen LogP contribution in [0.15, 0.2) is 18.3 Å². The van der Waals surface area contributed by atoms with Gasteiger partial charge in [-0.25, -0.2) is 4.98 Å². The minimum atomic E-state index is 0.00806. The molecule has 0 N–H and O–H groups in total. The molecule has 0 unspecified atom stereocenters. The van der Waals surface area contributed by atoms with E-state index < -0.39 is 0 Å². The zero-order chi connectivity index (χ0) is 13.0. The summed E-state index contributed by atoms with van der Waals surface area (Å²) in [6, 6.07) is 3.31. The zero-order valence-corrected chi connectivity index (χ0v) is 11.2. The highest BCUT2D eigenvalue weighted by molar-refractivity contribution is 6.29. The monoisotopic (exact) mass is 268 g/mol. The summed E-state index contributed by atoms with van der Waals surface area (Å²) in [4.78, 5) is 18.0. The average Bonchev–Trinajstić information content (AvgIpc) is 2.88. The number of aromatic nitrogens is 1. The Morgan fingerprint density at radius 1 is 1.67 bits per heavy atom. The van der Waals surface area contributed by atoms with E-state index in [1.807, 2.05) is 11.8 Å². The molecule has 1 fully saturated rings. The van der Waals surface area contributed by atoms with Crippen LogP contribution in [0, 0.1) is 5.92 Å². The summed E-state index contributed by atoms with van der Waals surface area (Å²) < 4.78 is 5.34. The number of nitrogens with zero attached hydrogens (tertiary/aromatic N) is 2. The van der Waals surface area contributed by atoms with E-state index in [1.165, 1.54) is 0 Å². The molecule has 98 valence electrons. The highest BCUT2D eigenvalue weighted by atomic mass is 35.5. The van der Waals surface area contributed by atoms with Gasteiger partial charge in [0.1, 0.15) is 5.15 Å². The van der Waals surface area contributed by atoms with E-state index in [2.05, 4.69) is 4.98 Å². The Kier molecular flexibility index (Phi) is 4.55. The Hall–Kier alpha value is -1.13. The maximum absolute atomic E-state index is 12.3. The number of ether oxygens (including phenoxy) is 1. The van der Waals surface area contributed by atoms with Gasteiger partial charge < -0.3 is 9.64 Å². The Bertz CT molecular complexity index is 419. The third-order valence-electron chi connectivity index (χ3n) is 3.15. The lowest BCUT2D eigenvalue weighted by molar-refractivity contribution is 0.0730. The van der Waals surface area contributed by atoms with Crippen molar-refractivity contribution < 1.29 is 9.53 Å². The molecule has 0 bridgehead atoms. The second-order valence-corrected chi connectivity index (χ2v) is 4.83. The first kappa shape index (κ1) is 13.3. The van der Waals surface area contributed by atoms with Crippen molar-refractivity contribution in [3.63, 3.8) is 0 Å². The van der Waals surface area contributed by atoms with Crippen LogP contribution in [-0.4, -0.2) is 42.1 Å². The van der Waals surface area contributed by atoms with Crippen molar-refractivity contribution >= 4 is 17.5 Å². The van der Waals surface area contributed by atoms with E-state index >= 15 is 0 Å². The number of halogens is 1. The Labute approximate surface area is 112 Å². The summed E-state index contributed by atoms with van der Waals surface area (Å²) in [6.07, 6.45) is 2.59. The summed E-state index contributed by atoms with van der Waals surface area (Å²) in [5.41, 5.74) is 0.593. The average molecular weight is 269 g/mol. The largest absolute Gasteiger partial charge is 0.381 e. The molecular weight excluding hydrogens is 252 g/mol. The number of hydrogen-bond donors (Lipinski definition) is 0. The van der Waals surface area contributed by atoms with Gasteiger partial charge in [0.25, 0.3) is 5.91 Å². The molecule has 1 amide bonds. The van der Waals surface area contributed by atoms with Gasteiger partial charge in [0.05, 0.1) is 6.61 Å². The van der Waals surface area contributed by atoms with E-state index in [-0.39, 0.29) is 5.91 Å². The van der Waals surface area contributed by atoms with Crippen LogP contribution in [0.1, 0.15) is 23.7 Å². The van der Waals surface area contributed by atoms with Crippen LogP contribution >= 0.6 is 11.6 Å². The number of amides is 1. The summed E-state index contributed by atoms with van der Waals surface area (Å²) in [5.74, 6) is 0.458. The Morgan fingerprint density at radius 3 is 3.11 bits per heavy atom. The SMILES string of the molecule is CCN(C[C@@H]1CCOC1)C(=O)c1ccnc(Cl)c1. The number of pyridine rings is 1. The fourth-order valence-corrected chi connectivity index (χ4v) is 2.29. The summed E-state index contributed by atoms with van der Waals surface area (Å²) in [5, 5.41) is 0.348. The predicted octanol–water partition coefficient (Wildman–Crippen LogP) is 2.23. The Balaban J connectivity index is 2.04. The van der Waals surface area contributed by atoms with Gasteiger partial charge in [-0.3, -0.25) is 4.79 Å². The van der Waals surface area contributed by atoms with Crippen LogP contribution in [0.2, 0.25) is 5.15 Å². The summed E-state index contributed by atoms with van der Waals surface area (Å²) in [6.45, 7) is 4.97. The third-order valence-corrected chi connectivity index (χ3v) is 3.35. The van der Waals surface area contributed by atoms with E-state index in [0.717, 1.165) is 26.2 Å². The molecule has 1 aromatic rings. The van der Waals surface area contributed by atoms with Crippen LogP contribution in [0.3, 0.4) is 0 Å². The first-order chi connectivity index (χ1) is 8.70. The fourth-order valence-electron chi connectivity index (χ4n) is 2.11. The molecule has 0 aliphatic carbocycles. The molecule has 0 spiro atoms. The molecule has 0 aromatic carbocycles. The second-order valence-electron chi connectivity index (χ2n) is 4.44. The summed E-state index contributed by atoms with van der Waals surface area (Å²) in [7, 11) is 0. The van der Waals surface area contributed by atoms with Crippen molar-refractivity contribution in [2.24, 2.45) is 5.92 Å². The molecule has 4 nitrogen and oxygen atoms in total. The number of hydrogen-bond acceptors (Lipinski definition) is 3. The van der Waals surface area contributed by atoms with Gasteiger partial charge in [-0.05, 0) is 25.5 Å². The quantitative estimate of drug-likeness (QED) is 0.787. The molecule has 2 heterocycles. The van der Waals surface area contributed by atoms with Gasteiger partial charge in [-0.1, -0.05) is 11.6 Å². The fraction of sp³-hybridized carbons (Fsp3) is 0.538. The minimum absolute atomic E-state index is 0.00806. The normalized spacial score (nSPS) is 18.9. The number of carbonyl (C=O) groups excluding carboxylic acids is 1. The maximum Gasteiger partial charge on any atom is 0.254 e. The van der Waals surface area contributed by atoms with Crippen LogP contribution in [0.25, 0.3) is 0 Å². The zero-order valence-electron chi connectivity index (χ0n) is 10.4. The van der Waals surface area contributed by atoms with Crippen molar-refractivity contribution in [2.45, 2.75) is 13.3 Å². The van der Waals surface area contributed by atoms with E-state index in [9.17, 15) is 4.79 Å². The maximum atomic E-state index is 12.3. The van der Waals surface area contributed by atoms with Crippen molar-refractivity contribution in [3.8, 4) is 0 Å². The predicted molar refractivity (Wildman–Crippen MR) is 69.8 cm³/mol. The molecule has 18 heavy (non-hydrogen) atoms. The van der Waals surface area contributed by atoms with Gasteiger partial charge in [-0.15, -0.1) is 0 Å². The van der Waals surface area contributed by atoms with Gasteiger partial charge in [0, 0.05) is 37.4 Å². The van der Waals surface area contributed by atoms with E-state index in [0.29, 0.717) is 23.2 Å². The first-order valence-electron chi connectivity index (χ1n) is 6.19. The molecule has 1 aliphatic heterocycles. The lowest BCUT2D eigenvalue weighted by atomic mass is 10.1. The van der Waals surface area contributed by atoms with Gasteiger partial charge in [0.15, 0.2) is 0 Å². The molecule has 1 atom stereocenters. The Morgan fingerprint density at radius 2 is 2.50 bits per heavy atom. The van der Waals surface area contributed by atoms with Crippen molar-refractivity contribution in [2.75, 3.05) is 26.3 Å². The number of rotatable bonds is 4. The third kappa shape index (κ3) is 3.21. The van der Waals surface area contributed by atoms with Gasteiger partial charge in [0.2, 0.25) is 0 Å². The van der Waals surface area contributed by atoms with Crippen LogP contribution in [-0.2, 0) is 4.74 Å². The molecule has 1 saturated heterocycles. The lowest BCUT2D eigenvalue weighted by Gasteiger charge is -2.23.